The van der Waals surface area contributed by atoms with Crippen molar-refractivity contribution < 1.29 is 0 Å². The molecule has 0 bridgehead atoms. The first kappa shape index (κ1) is 8.79. The Morgan fingerprint density at radius 1 is 1.64 bits per heavy atom. The lowest BCUT2D eigenvalue weighted by Gasteiger charge is -2.42. The summed E-state index contributed by atoms with van der Waals surface area (Å²) in [5, 5.41) is 0. The van der Waals surface area contributed by atoms with Crippen molar-refractivity contribution in [2.75, 3.05) is 13.1 Å². The topological polar surface area (TPSA) is 3.24 Å². The highest BCUT2D eigenvalue weighted by Gasteiger charge is 2.27. The Bertz CT molecular complexity index is 149. The second kappa shape index (κ2) is 3.40. The van der Waals surface area contributed by atoms with Gasteiger partial charge in [-0.25, -0.2) is 0 Å². The largest absolute Gasteiger partial charge is 0.296 e. The Balaban J connectivity index is 2.31. The van der Waals surface area contributed by atoms with Gasteiger partial charge in [-0.3, -0.25) is 4.90 Å². The van der Waals surface area contributed by atoms with Crippen LogP contribution in [0.5, 0.6) is 0 Å². The maximum Gasteiger partial charge on any atom is 0.0314 e. The van der Waals surface area contributed by atoms with Crippen molar-refractivity contribution in [2.24, 2.45) is 5.92 Å². The van der Waals surface area contributed by atoms with E-state index in [2.05, 4.69) is 32.3 Å². The molecule has 0 aliphatic carbocycles. The number of likely N-dealkylation sites (tertiary alicyclic amines) is 1. The summed E-state index contributed by atoms with van der Waals surface area (Å²) < 4.78 is 0. The molecule has 1 aliphatic rings. The molecule has 64 valence electrons. The zero-order chi connectivity index (χ0) is 8.43. The lowest BCUT2D eigenvalue weighted by molar-refractivity contribution is 0.102. The van der Waals surface area contributed by atoms with Gasteiger partial charge in [-0.05, 0) is 19.3 Å². The summed E-state index contributed by atoms with van der Waals surface area (Å²) in [4.78, 5) is 2.52. The minimum atomic E-state index is 0.692. The minimum absolute atomic E-state index is 0.692. The van der Waals surface area contributed by atoms with Crippen molar-refractivity contribution in [3.63, 3.8) is 0 Å². The highest BCUT2D eigenvalue weighted by molar-refractivity contribution is 5.07. The Morgan fingerprint density at radius 2 is 2.27 bits per heavy atom. The van der Waals surface area contributed by atoms with Gasteiger partial charge >= 0.3 is 0 Å². The molecule has 1 heterocycles. The van der Waals surface area contributed by atoms with E-state index in [0.29, 0.717) is 6.04 Å². The van der Waals surface area contributed by atoms with Crippen LogP contribution in [0.25, 0.3) is 0 Å². The van der Waals surface area contributed by atoms with E-state index in [-0.39, 0.29) is 0 Å². The molecule has 0 radical (unpaired) electrons. The van der Waals surface area contributed by atoms with Gasteiger partial charge in [0.25, 0.3) is 0 Å². The van der Waals surface area contributed by atoms with Gasteiger partial charge in [0.05, 0.1) is 0 Å². The van der Waals surface area contributed by atoms with Crippen LogP contribution in [-0.4, -0.2) is 24.0 Å². The van der Waals surface area contributed by atoms with Crippen LogP contribution in [0.1, 0.15) is 27.2 Å². The van der Waals surface area contributed by atoms with Gasteiger partial charge in [0.15, 0.2) is 0 Å². The maximum atomic E-state index is 3.99. The smallest absolute Gasteiger partial charge is 0.0314 e. The number of nitrogens with zero attached hydrogens (tertiary/aromatic N) is 1. The summed E-state index contributed by atoms with van der Waals surface area (Å²) in [6, 6.07) is 0.692. The van der Waals surface area contributed by atoms with E-state index in [0.717, 1.165) is 5.92 Å². The number of rotatable bonds is 3. The van der Waals surface area contributed by atoms with Crippen LogP contribution in [0.3, 0.4) is 0 Å². The molecule has 1 aliphatic heterocycles. The molecule has 0 saturated carbocycles. The van der Waals surface area contributed by atoms with Crippen molar-refractivity contribution >= 4 is 0 Å². The summed E-state index contributed by atoms with van der Waals surface area (Å²) >= 11 is 0. The Morgan fingerprint density at radius 3 is 2.55 bits per heavy atom. The first-order valence-electron chi connectivity index (χ1n) is 4.50. The predicted molar refractivity (Wildman–Crippen MR) is 49.6 cm³/mol. The van der Waals surface area contributed by atoms with Crippen LogP contribution >= 0.6 is 0 Å². The van der Waals surface area contributed by atoms with Crippen LogP contribution in [0, 0.1) is 5.92 Å². The van der Waals surface area contributed by atoms with E-state index >= 15 is 0 Å². The van der Waals surface area contributed by atoms with E-state index in [9.17, 15) is 0 Å². The van der Waals surface area contributed by atoms with Gasteiger partial charge in [-0.2, -0.15) is 0 Å². The highest BCUT2D eigenvalue weighted by Crippen LogP contribution is 2.23. The maximum absolute atomic E-state index is 3.99. The van der Waals surface area contributed by atoms with Crippen molar-refractivity contribution in [3.8, 4) is 0 Å². The Labute approximate surface area is 70.1 Å². The van der Waals surface area contributed by atoms with Crippen molar-refractivity contribution in [1.29, 1.82) is 0 Å². The normalized spacial score (nSPS) is 25.3. The molecular formula is C10H19N. The zero-order valence-corrected chi connectivity index (χ0v) is 7.93. The SMILES string of the molecule is C=C(C)C1CCN1CC(C)C. The summed E-state index contributed by atoms with van der Waals surface area (Å²) in [6.07, 6.45) is 1.32. The molecule has 1 saturated heterocycles. The lowest BCUT2D eigenvalue weighted by atomic mass is 9.95. The molecule has 0 N–H and O–H groups in total. The standard InChI is InChI=1S/C10H19N/c1-8(2)7-11-6-5-10(11)9(3)4/h8,10H,3,5-7H2,1-2,4H3. The Kier molecular flexibility index (Phi) is 2.72. The predicted octanol–water partition coefficient (Wildman–Crippen LogP) is 2.29. The minimum Gasteiger partial charge on any atom is -0.296 e. The highest BCUT2D eigenvalue weighted by atomic mass is 15.2. The molecule has 0 aromatic carbocycles. The second-order valence-electron chi connectivity index (χ2n) is 4.04. The molecular weight excluding hydrogens is 134 g/mol. The van der Waals surface area contributed by atoms with Crippen molar-refractivity contribution in [3.05, 3.63) is 12.2 Å². The third-order valence-corrected chi connectivity index (χ3v) is 2.30. The summed E-state index contributed by atoms with van der Waals surface area (Å²) in [6.45, 7) is 13.2. The van der Waals surface area contributed by atoms with Crippen molar-refractivity contribution in [1.82, 2.24) is 4.90 Å². The first-order chi connectivity index (χ1) is 5.11. The van der Waals surface area contributed by atoms with E-state index in [1.165, 1.54) is 25.1 Å². The van der Waals surface area contributed by atoms with Crippen LogP contribution in [-0.2, 0) is 0 Å². The summed E-state index contributed by atoms with van der Waals surface area (Å²) in [5.41, 5.74) is 1.33. The molecule has 0 spiro atoms. The van der Waals surface area contributed by atoms with E-state index in [4.69, 9.17) is 0 Å². The fraction of sp³-hybridized carbons (Fsp3) is 0.800. The summed E-state index contributed by atoms with van der Waals surface area (Å²) in [7, 11) is 0. The average molecular weight is 153 g/mol. The van der Waals surface area contributed by atoms with Crippen LogP contribution in [0.15, 0.2) is 12.2 Å². The molecule has 1 fully saturated rings. The quantitative estimate of drug-likeness (QED) is 0.562. The van der Waals surface area contributed by atoms with Gasteiger partial charge in [-0.15, -0.1) is 0 Å². The van der Waals surface area contributed by atoms with E-state index in [1.54, 1.807) is 0 Å². The van der Waals surface area contributed by atoms with Crippen molar-refractivity contribution in [2.45, 2.75) is 33.2 Å². The van der Waals surface area contributed by atoms with Gasteiger partial charge in [0, 0.05) is 19.1 Å². The van der Waals surface area contributed by atoms with Crippen LogP contribution in [0.4, 0.5) is 0 Å². The molecule has 1 nitrogen and oxygen atoms in total. The van der Waals surface area contributed by atoms with E-state index < -0.39 is 0 Å². The fourth-order valence-electron chi connectivity index (χ4n) is 1.69. The van der Waals surface area contributed by atoms with Crippen LogP contribution in [0.2, 0.25) is 0 Å². The van der Waals surface area contributed by atoms with Crippen LogP contribution < -0.4 is 0 Å². The van der Waals surface area contributed by atoms with E-state index in [1.807, 2.05) is 0 Å². The van der Waals surface area contributed by atoms with Gasteiger partial charge in [-0.1, -0.05) is 26.0 Å². The molecule has 11 heavy (non-hydrogen) atoms. The van der Waals surface area contributed by atoms with Gasteiger partial charge in [0.1, 0.15) is 0 Å². The second-order valence-corrected chi connectivity index (χ2v) is 4.04. The molecule has 1 heteroatoms. The molecule has 0 aromatic rings. The lowest BCUT2D eigenvalue weighted by Crippen LogP contribution is -2.49. The molecule has 0 aromatic heterocycles. The first-order valence-corrected chi connectivity index (χ1v) is 4.50. The molecule has 0 amide bonds. The molecule has 1 rings (SSSR count). The molecule has 1 unspecified atom stereocenters. The average Bonchev–Trinajstić information content (AvgIpc) is 1.78. The number of hydrogen-bond donors (Lipinski definition) is 0. The zero-order valence-electron chi connectivity index (χ0n) is 7.93. The third-order valence-electron chi connectivity index (χ3n) is 2.30. The molecule has 1 atom stereocenters. The Hall–Kier alpha value is -0.300. The van der Waals surface area contributed by atoms with Gasteiger partial charge in [0.2, 0.25) is 0 Å². The monoisotopic (exact) mass is 153 g/mol. The fourth-order valence-corrected chi connectivity index (χ4v) is 1.69. The van der Waals surface area contributed by atoms with Gasteiger partial charge < -0.3 is 0 Å². The third kappa shape index (κ3) is 2.06. The number of hydrogen-bond acceptors (Lipinski definition) is 1. The summed E-state index contributed by atoms with van der Waals surface area (Å²) in [5.74, 6) is 0.789.